The summed E-state index contributed by atoms with van der Waals surface area (Å²) in [6.07, 6.45) is 5.23. The third-order valence-corrected chi connectivity index (χ3v) is 2.11. The molecular formula is C10H13NO. The Hall–Kier alpha value is -1.20. The minimum absolute atomic E-state index is 0.345. The van der Waals surface area contributed by atoms with E-state index in [4.69, 9.17) is 16.6 Å². The number of furan rings is 1. The second kappa shape index (κ2) is 3.04. The maximum absolute atomic E-state index is 5.71. The topological polar surface area (TPSA) is 39.2 Å². The van der Waals surface area contributed by atoms with E-state index >= 15 is 0 Å². The number of hydrogen-bond acceptors (Lipinski definition) is 2. The zero-order valence-electron chi connectivity index (χ0n) is 7.64. The number of aryl methyl sites for hydroxylation is 2. The maximum Gasteiger partial charge on any atom is 0.107 e. The molecule has 2 heteroatoms. The van der Waals surface area contributed by atoms with E-state index in [9.17, 15) is 0 Å². The average Bonchev–Trinajstić information content (AvgIpc) is 2.26. The molecule has 0 amide bonds. The molecule has 64 valence electrons. The van der Waals surface area contributed by atoms with Crippen LogP contribution in [-0.4, -0.2) is 0 Å². The zero-order chi connectivity index (χ0) is 9.30. The zero-order valence-corrected chi connectivity index (χ0v) is 7.64. The predicted molar refractivity (Wildman–Crippen MR) is 48.7 cm³/mol. The Morgan fingerprint density at radius 1 is 1.33 bits per heavy atom. The van der Waals surface area contributed by atoms with Crippen molar-refractivity contribution in [2.24, 2.45) is 5.73 Å². The molecule has 1 aromatic rings. The lowest BCUT2D eigenvalue weighted by Gasteiger charge is -2.03. The van der Waals surface area contributed by atoms with Gasteiger partial charge in [-0.1, -0.05) is 5.92 Å². The van der Waals surface area contributed by atoms with Gasteiger partial charge in [0, 0.05) is 5.56 Å². The van der Waals surface area contributed by atoms with Gasteiger partial charge in [0.05, 0.1) is 6.04 Å². The second-order valence-electron chi connectivity index (χ2n) is 2.90. The van der Waals surface area contributed by atoms with Crippen molar-refractivity contribution in [2.45, 2.75) is 26.8 Å². The molecular weight excluding hydrogens is 150 g/mol. The highest BCUT2D eigenvalue weighted by Gasteiger charge is 2.15. The first-order valence-electron chi connectivity index (χ1n) is 3.86. The van der Waals surface area contributed by atoms with E-state index in [2.05, 4.69) is 5.92 Å². The molecule has 2 N–H and O–H groups in total. The van der Waals surface area contributed by atoms with Crippen LogP contribution >= 0.6 is 0 Å². The third-order valence-electron chi connectivity index (χ3n) is 2.11. The van der Waals surface area contributed by atoms with Gasteiger partial charge in [-0.3, -0.25) is 0 Å². The fourth-order valence-corrected chi connectivity index (χ4v) is 1.35. The normalized spacial score (nSPS) is 12.6. The van der Waals surface area contributed by atoms with E-state index in [1.165, 1.54) is 0 Å². The van der Waals surface area contributed by atoms with Crippen LogP contribution in [0.1, 0.15) is 28.7 Å². The summed E-state index contributed by atoms with van der Waals surface area (Å²) in [5, 5.41) is 0. The van der Waals surface area contributed by atoms with Crippen LogP contribution in [0.3, 0.4) is 0 Å². The van der Waals surface area contributed by atoms with Gasteiger partial charge in [-0.15, -0.1) is 6.42 Å². The number of nitrogens with two attached hydrogens (primary N) is 1. The quantitative estimate of drug-likeness (QED) is 0.641. The molecule has 0 aromatic carbocycles. The van der Waals surface area contributed by atoms with E-state index < -0.39 is 0 Å². The van der Waals surface area contributed by atoms with Gasteiger partial charge in [-0.25, -0.2) is 0 Å². The standard InChI is InChI=1S/C10H13NO/c1-5-9(11)10-6(2)7(3)12-8(10)4/h1,9H,11H2,2-4H3. The molecule has 1 rings (SSSR count). The highest BCUT2D eigenvalue weighted by molar-refractivity contribution is 5.37. The Kier molecular flexibility index (Phi) is 2.25. The van der Waals surface area contributed by atoms with Crippen molar-refractivity contribution in [1.29, 1.82) is 0 Å². The molecule has 12 heavy (non-hydrogen) atoms. The Morgan fingerprint density at radius 2 is 1.92 bits per heavy atom. The van der Waals surface area contributed by atoms with E-state index in [-0.39, 0.29) is 6.04 Å². The molecule has 0 aliphatic heterocycles. The van der Waals surface area contributed by atoms with Crippen LogP contribution in [0.25, 0.3) is 0 Å². The molecule has 1 aromatic heterocycles. The first-order valence-corrected chi connectivity index (χ1v) is 3.86. The van der Waals surface area contributed by atoms with Crippen molar-refractivity contribution in [2.75, 3.05) is 0 Å². The smallest absolute Gasteiger partial charge is 0.107 e. The van der Waals surface area contributed by atoms with Crippen LogP contribution in [0.5, 0.6) is 0 Å². The van der Waals surface area contributed by atoms with Gasteiger partial charge in [0.1, 0.15) is 11.5 Å². The van der Waals surface area contributed by atoms with Crippen molar-refractivity contribution >= 4 is 0 Å². The minimum atomic E-state index is -0.345. The summed E-state index contributed by atoms with van der Waals surface area (Å²) in [5.74, 6) is 4.22. The monoisotopic (exact) mass is 163 g/mol. The molecule has 1 heterocycles. The largest absolute Gasteiger partial charge is 0.466 e. The molecule has 0 saturated heterocycles. The predicted octanol–water partition coefficient (Wildman–Crippen LogP) is 1.84. The summed E-state index contributed by atoms with van der Waals surface area (Å²) in [4.78, 5) is 0. The molecule has 0 saturated carbocycles. The lowest BCUT2D eigenvalue weighted by Crippen LogP contribution is -2.08. The molecule has 0 radical (unpaired) electrons. The molecule has 1 atom stereocenters. The fraction of sp³-hybridized carbons (Fsp3) is 0.400. The van der Waals surface area contributed by atoms with Gasteiger partial charge in [0.15, 0.2) is 0 Å². The van der Waals surface area contributed by atoms with Gasteiger partial charge >= 0.3 is 0 Å². The number of hydrogen-bond donors (Lipinski definition) is 1. The van der Waals surface area contributed by atoms with Crippen LogP contribution in [-0.2, 0) is 0 Å². The summed E-state index contributed by atoms with van der Waals surface area (Å²) in [7, 11) is 0. The van der Waals surface area contributed by atoms with Crippen LogP contribution in [0, 0.1) is 33.1 Å². The second-order valence-corrected chi connectivity index (χ2v) is 2.90. The summed E-state index contributed by atoms with van der Waals surface area (Å²) in [6, 6.07) is -0.345. The fourth-order valence-electron chi connectivity index (χ4n) is 1.35. The van der Waals surface area contributed by atoms with Crippen LogP contribution in [0.4, 0.5) is 0 Å². The SMILES string of the molecule is C#CC(N)c1c(C)oc(C)c1C. The van der Waals surface area contributed by atoms with Crippen LogP contribution in [0.15, 0.2) is 4.42 Å². The van der Waals surface area contributed by atoms with Crippen LogP contribution in [0.2, 0.25) is 0 Å². The van der Waals surface area contributed by atoms with Crippen molar-refractivity contribution < 1.29 is 4.42 Å². The molecule has 0 aliphatic carbocycles. The van der Waals surface area contributed by atoms with Gasteiger partial charge in [-0.2, -0.15) is 0 Å². The van der Waals surface area contributed by atoms with E-state index in [1.807, 2.05) is 20.8 Å². The summed E-state index contributed by atoms with van der Waals surface area (Å²) >= 11 is 0. The minimum Gasteiger partial charge on any atom is -0.466 e. The highest BCUT2D eigenvalue weighted by Crippen LogP contribution is 2.24. The van der Waals surface area contributed by atoms with E-state index in [0.717, 1.165) is 22.6 Å². The Balaban J connectivity index is 3.24. The van der Waals surface area contributed by atoms with E-state index in [1.54, 1.807) is 0 Å². The van der Waals surface area contributed by atoms with Crippen molar-refractivity contribution in [1.82, 2.24) is 0 Å². The average molecular weight is 163 g/mol. The summed E-state index contributed by atoms with van der Waals surface area (Å²) in [6.45, 7) is 5.76. The Labute approximate surface area is 72.8 Å². The van der Waals surface area contributed by atoms with Crippen molar-refractivity contribution in [3.63, 3.8) is 0 Å². The van der Waals surface area contributed by atoms with E-state index in [0.29, 0.717) is 0 Å². The maximum atomic E-state index is 5.71. The summed E-state index contributed by atoms with van der Waals surface area (Å²) < 4.78 is 5.39. The molecule has 2 nitrogen and oxygen atoms in total. The molecule has 0 fully saturated rings. The van der Waals surface area contributed by atoms with Gasteiger partial charge in [0.25, 0.3) is 0 Å². The first kappa shape index (κ1) is 8.89. The lowest BCUT2D eigenvalue weighted by atomic mass is 10.0. The first-order chi connectivity index (χ1) is 5.57. The molecule has 0 aliphatic rings. The van der Waals surface area contributed by atoms with Gasteiger partial charge < -0.3 is 10.2 Å². The van der Waals surface area contributed by atoms with Crippen LogP contribution < -0.4 is 5.73 Å². The van der Waals surface area contributed by atoms with Crippen molar-refractivity contribution in [3.8, 4) is 12.3 Å². The summed E-state index contributed by atoms with van der Waals surface area (Å²) in [5.41, 5.74) is 7.73. The molecule has 1 unspecified atom stereocenters. The number of terminal acetylenes is 1. The van der Waals surface area contributed by atoms with Gasteiger partial charge in [-0.05, 0) is 26.3 Å². The lowest BCUT2D eigenvalue weighted by molar-refractivity contribution is 0.499. The molecule has 0 bridgehead atoms. The molecule has 0 spiro atoms. The highest BCUT2D eigenvalue weighted by atomic mass is 16.3. The van der Waals surface area contributed by atoms with Crippen molar-refractivity contribution in [3.05, 3.63) is 22.6 Å². The number of rotatable bonds is 1. The van der Waals surface area contributed by atoms with Gasteiger partial charge in [0.2, 0.25) is 0 Å². The third kappa shape index (κ3) is 1.24. The Bertz CT molecular complexity index is 330. The Morgan fingerprint density at radius 3 is 2.25 bits per heavy atom.